The molecule has 0 saturated carbocycles. The number of rotatable bonds is 10. The lowest BCUT2D eigenvalue weighted by Crippen LogP contribution is -2.58. The Morgan fingerprint density at radius 3 is 2.77 bits per heavy atom. The lowest BCUT2D eigenvalue weighted by molar-refractivity contribution is -0.152. The van der Waals surface area contributed by atoms with Gasteiger partial charge in [0.25, 0.3) is 0 Å². The molecule has 1 aromatic rings. The third-order valence-electron chi connectivity index (χ3n) is 4.78. The number of benzene rings is 1. The minimum atomic E-state index is -0.854. The van der Waals surface area contributed by atoms with Crippen molar-refractivity contribution in [1.82, 2.24) is 10.2 Å². The second kappa shape index (κ2) is 11.4. The minimum Gasteiger partial charge on any atom is -0.491 e. The summed E-state index contributed by atoms with van der Waals surface area (Å²) in [6.07, 6.45) is 0.849. The zero-order valence-electron chi connectivity index (χ0n) is 18.3. The molecular weight excluding hydrogens is 386 g/mol. The van der Waals surface area contributed by atoms with Crippen LogP contribution in [0.1, 0.15) is 40.5 Å². The molecular formula is C22H33N3O5. The molecule has 0 aromatic heterocycles. The van der Waals surface area contributed by atoms with Gasteiger partial charge in [-0.05, 0) is 31.4 Å². The van der Waals surface area contributed by atoms with E-state index >= 15 is 0 Å². The van der Waals surface area contributed by atoms with Crippen molar-refractivity contribution in [2.45, 2.75) is 52.7 Å². The molecule has 0 spiro atoms. The number of ether oxygens (including phenoxy) is 2. The number of amides is 2. The average Bonchev–Trinajstić information content (AvgIpc) is 2.72. The van der Waals surface area contributed by atoms with Crippen molar-refractivity contribution in [2.24, 2.45) is 5.92 Å². The molecule has 8 nitrogen and oxygen atoms in total. The Hall–Kier alpha value is -2.77. The van der Waals surface area contributed by atoms with Gasteiger partial charge in [0, 0.05) is 24.8 Å². The Kier molecular flexibility index (Phi) is 8.95. The number of nitrogens with one attached hydrogen (secondary N) is 2. The highest BCUT2D eigenvalue weighted by atomic mass is 16.5. The van der Waals surface area contributed by atoms with Gasteiger partial charge < -0.3 is 25.0 Å². The van der Waals surface area contributed by atoms with Crippen LogP contribution in [0.2, 0.25) is 0 Å². The minimum absolute atomic E-state index is 0.0115. The number of nitrogens with zero attached hydrogens (tertiary/aromatic N) is 1. The summed E-state index contributed by atoms with van der Waals surface area (Å²) in [6.45, 7) is 8.93. The standard InChI is InChI=1S/C22H33N3O5/c1-5-16(4)30-18-8-6-7-17(11-18)24-13-20(26)25-10-9-23-22(28)19(25)12-21(27)29-14-15(2)3/h6-8,11,15-16,19,24H,5,9-10,12-14H2,1-4H3,(H,23,28). The molecule has 1 saturated heterocycles. The van der Waals surface area contributed by atoms with E-state index in [1.807, 2.05) is 45.0 Å². The highest BCUT2D eigenvalue weighted by Gasteiger charge is 2.35. The largest absolute Gasteiger partial charge is 0.491 e. The molecule has 2 rings (SSSR count). The summed E-state index contributed by atoms with van der Waals surface area (Å²) in [5.74, 6) is -0.132. The third kappa shape index (κ3) is 7.24. The van der Waals surface area contributed by atoms with Crippen LogP contribution in [-0.4, -0.2) is 61.1 Å². The van der Waals surface area contributed by atoms with E-state index < -0.39 is 12.0 Å². The molecule has 1 aliphatic heterocycles. The summed E-state index contributed by atoms with van der Waals surface area (Å²) in [6, 6.07) is 6.55. The fraction of sp³-hybridized carbons (Fsp3) is 0.591. The van der Waals surface area contributed by atoms with Crippen molar-refractivity contribution < 1.29 is 23.9 Å². The summed E-state index contributed by atoms with van der Waals surface area (Å²) >= 11 is 0. The lowest BCUT2D eigenvalue weighted by Gasteiger charge is -2.34. The Labute approximate surface area is 178 Å². The van der Waals surface area contributed by atoms with Gasteiger partial charge in [-0.15, -0.1) is 0 Å². The molecule has 166 valence electrons. The van der Waals surface area contributed by atoms with Crippen molar-refractivity contribution >= 4 is 23.5 Å². The number of hydrogen-bond acceptors (Lipinski definition) is 6. The quantitative estimate of drug-likeness (QED) is 0.565. The average molecular weight is 420 g/mol. The molecule has 1 aliphatic rings. The summed E-state index contributed by atoms with van der Waals surface area (Å²) in [5.41, 5.74) is 0.749. The maximum absolute atomic E-state index is 12.8. The van der Waals surface area contributed by atoms with Crippen LogP contribution in [0.15, 0.2) is 24.3 Å². The molecule has 2 unspecified atom stereocenters. The fourth-order valence-electron chi connectivity index (χ4n) is 2.97. The van der Waals surface area contributed by atoms with E-state index in [2.05, 4.69) is 17.6 Å². The molecule has 0 bridgehead atoms. The van der Waals surface area contributed by atoms with Gasteiger partial charge >= 0.3 is 5.97 Å². The van der Waals surface area contributed by atoms with Gasteiger partial charge in [0.15, 0.2) is 0 Å². The van der Waals surface area contributed by atoms with Crippen LogP contribution in [0, 0.1) is 5.92 Å². The topological polar surface area (TPSA) is 97.0 Å². The van der Waals surface area contributed by atoms with Gasteiger partial charge in [0.1, 0.15) is 11.8 Å². The van der Waals surface area contributed by atoms with Crippen LogP contribution in [0.5, 0.6) is 5.75 Å². The first-order valence-electron chi connectivity index (χ1n) is 10.5. The first-order chi connectivity index (χ1) is 14.3. The van der Waals surface area contributed by atoms with Crippen molar-refractivity contribution in [3.63, 3.8) is 0 Å². The summed E-state index contributed by atoms with van der Waals surface area (Å²) in [7, 11) is 0. The van der Waals surface area contributed by atoms with Crippen molar-refractivity contribution in [2.75, 3.05) is 31.6 Å². The first-order valence-corrected chi connectivity index (χ1v) is 10.5. The van der Waals surface area contributed by atoms with Crippen LogP contribution in [0.25, 0.3) is 0 Å². The number of piperazine rings is 1. The number of carbonyl (C=O) groups excluding carboxylic acids is 3. The fourth-order valence-corrected chi connectivity index (χ4v) is 2.97. The van der Waals surface area contributed by atoms with Gasteiger partial charge in [-0.1, -0.05) is 26.8 Å². The lowest BCUT2D eigenvalue weighted by atomic mass is 10.1. The summed E-state index contributed by atoms with van der Waals surface area (Å²) in [5, 5.41) is 5.80. The second-order valence-corrected chi connectivity index (χ2v) is 7.89. The monoisotopic (exact) mass is 419 g/mol. The Morgan fingerprint density at radius 1 is 1.30 bits per heavy atom. The van der Waals surface area contributed by atoms with Crippen LogP contribution in [0.3, 0.4) is 0 Å². The highest BCUT2D eigenvalue weighted by Crippen LogP contribution is 2.19. The number of carbonyl (C=O) groups is 3. The van der Waals surface area contributed by atoms with E-state index in [1.54, 1.807) is 0 Å². The molecule has 1 aromatic carbocycles. The van der Waals surface area contributed by atoms with Crippen LogP contribution in [-0.2, 0) is 19.1 Å². The van der Waals surface area contributed by atoms with E-state index in [4.69, 9.17) is 9.47 Å². The van der Waals surface area contributed by atoms with E-state index in [0.29, 0.717) is 13.1 Å². The van der Waals surface area contributed by atoms with Gasteiger partial charge in [-0.3, -0.25) is 14.4 Å². The molecule has 2 atom stereocenters. The number of anilines is 1. The molecule has 8 heteroatoms. The summed E-state index contributed by atoms with van der Waals surface area (Å²) in [4.78, 5) is 38.6. The second-order valence-electron chi connectivity index (χ2n) is 7.89. The molecule has 30 heavy (non-hydrogen) atoms. The van der Waals surface area contributed by atoms with Crippen LogP contribution in [0.4, 0.5) is 5.69 Å². The maximum atomic E-state index is 12.8. The molecule has 1 heterocycles. The van der Waals surface area contributed by atoms with Crippen molar-refractivity contribution in [1.29, 1.82) is 0 Å². The molecule has 0 aliphatic carbocycles. The zero-order valence-corrected chi connectivity index (χ0v) is 18.3. The zero-order chi connectivity index (χ0) is 22.1. The third-order valence-corrected chi connectivity index (χ3v) is 4.78. The van der Waals surface area contributed by atoms with Gasteiger partial charge in [-0.2, -0.15) is 0 Å². The van der Waals surface area contributed by atoms with E-state index in [-0.39, 0.29) is 43.4 Å². The van der Waals surface area contributed by atoms with E-state index in [9.17, 15) is 14.4 Å². The summed E-state index contributed by atoms with van der Waals surface area (Å²) < 4.78 is 11.0. The van der Waals surface area contributed by atoms with E-state index in [0.717, 1.165) is 17.9 Å². The van der Waals surface area contributed by atoms with Crippen molar-refractivity contribution in [3.05, 3.63) is 24.3 Å². The molecule has 1 fully saturated rings. The maximum Gasteiger partial charge on any atom is 0.308 e. The van der Waals surface area contributed by atoms with Gasteiger partial charge in [-0.25, -0.2) is 0 Å². The van der Waals surface area contributed by atoms with Crippen molar-refractivity contribution in [3.8, 4) is 5.75 Å². The SMILES string of the molecule is CCC(C)Oc1cccc(NCC(=O)N2CCNC(=O)C2CC(=O)OCC(C)C)c1. The highest BCUT2D eigenvalue weighted by molar-refractivity contribution is 5.93. The molecule has 0 radical (unpaired) electrons. The first kappa shape index (κ1) is 23.5. The number of esters is 1. The van der Waals surface area contributed by atoms with E-state index in [1.165, 1.54) is 4.90 Å². The predicted octanol–water partition coefficient (Wildman–Crippen LogP) is 2.19. The van der Waals surface area contributed by atoms with Gasteiger partial charge in [0.2, 0.25) is 11.8 Å². The normalized spacial score (nSPS) is 17.3. The van der Waals surface area contributed by atoms with Gasteiger partial charge in [0.05, 0.1) is 25.7 Å². The van der Waals surface area contributed by atoms with Crippen LogP contribution >= 0.6 is 0 Å². The molecule has 2 amide bonds. The Bertz CT molecular complexity index is 737. The molecule has 2 N–H and O–H groups in total. The Morgan fingerprint density at radius 2 is 2.07 bits per heavy atom. The van der Waals surface area contributed by atoms with Crippen LogP contribution < -0.4 is 15.4 Å². The Balaban J connectivity index is 1.95. The number of hydrogen-bond donors (Lipinski definition) is 2. The smallest absolute Gasteiger partial charge is 0.308 e. The predicted molar refractivity (Wildman–Crippen MR) is 114 cm³/mol.